The zero-order valence-electron chi connectivity index (χ0n) is 8.27. The largest absolute Gasteiger partial charge is 0.351 e. The van der Waals surface area contributed by atoms with Crippen molar-refractivity contribution in [1.82, 2.24) is 19.7 Å². The van der Waals surface area contributed by atoms with Gasteiger partial charge in [-0.3, -0.25) is 0 Å². The van der Waals surface area contributed by atoms with E-state index in [1.165, 1.54) is 0 Å². The molecule has 1 aliphatic rings. The van der Waals surface area contributed by atoms with Gasteiger partial charge in [-0.25, -0.2) is 14.5 Å². The number of primary amides is 1. The first-order valence-corrected chi connectivity index (χ1v) is 4.52. The van der Waals surface area contributed by atoms with Crippen LogP contribution in [0, 0.1) is 13.8 Å². The number of aromatic nitrogens is 3. The molecule has 6 heteroatoms. The summed E-state index contributed by atoms with van der Waals surface area (Å²) in [7, 11) is 0. The van der Waals surface area contributed by atoms with E-state index in [9.17, 15) is 4.79 Å². The van der Waals surface area contributed by atoms with Crippen molar-refractivity contribution < 1.29 is 4.79 Å². The first-order chi connectivity index (χ1) is 6.58. The van der Waals surface area contributed by atoms with E-state index in [0.29, 0.717) is 13.1 Å². The highest BCUT2D eigenvalue weighted by Crippen LogP contribution is 2.20. The fraction of sp³-hybridized carbons (Fsp3) is 0.625. The van der Waals surface area contributed by atoms with E-state index in [-0.39, 0.29) is 12.1 Å². The molecule has 1 aromatic heterocycles. The third kappa shape index (κ3) is 1.32. The van der Waals surface area contributed by atoms with E-state index in [2.05, 4.69) is 10.1 Å². The van der Waals surface area contributed by atoms with Gasteiger partial charge in [-0.2, -0.15) is 5.10 Å². The maximum absolute atomic E-state index is 10.8. The molecule has 1 fully saturated rings. The van der Waals surface area contributed by atoms with Gasteiger partial charge in [0.2, 0.25) is 0 Å². The number of urea groups is 1. The minimum atomic E-state index is -0.365. The monoisotopic (exact) mass is 195 g/mol. The van der Waals surface area contributed by atoms with Crippen molar-refractivity contribution in [3.05, 3.63) is 11.6 Å². The van der Waals surface area contributed by atoms with Crippen LogP contribution in [0.5, 0.6) is 0 Å². The number of nitrogens with zero attached hydrogens (tertiary/aromatic N) is 4. The van der Waals surface area contributed by atoms with Crippen molar-refractivity contribution in [2.24, 2.45) is 5.73 Å². The predicted molar refractivity (Wildman–Crippen MR) is 49.7 cm³/mol. The lowest BCUT2D eigenvalue weighted by atomic mass is 10.1. The Bertz CT molecular complexity index is 366. The highest BCUT2D eigenvalue weighted by Gasteiger charge is 2.32. The Kier molecular flexibility index (Phi) is 1.90. The van der Waals surface area contributed by atoms with E-state index in [1.54, 1.807) is 4.90 Å². The molecule has 0 aliphatic carbocycles. The predicted octanol–water partition coefficient (Wildman–Crippen LogP) is -0.170. The minimum absolute atomic E-state index is 0.240. The zero-order valence-corrected chi connectivity index (χ0v) is 8.27. The van der Waals surface area contributed by atoms with Gasteiger partial charge >= 0.3 is 6.03 Å². The van der Waals surface area contributed by atoms with E-state index in [1.807, 2.05) is 18.5 Å². The average Bonchev–Trinajstić information content (AvgIpc) is 2.26. The first-order valence-electron chi connectivity index (χ1n) is 4.52. The average molecular weight is 195 g/mol. The molecule has 1 aliphatic heterocycles. The van der Waals surface area contributed by atoms with Crippen LogP contribution in [0.1, 0.15) is 17.7 Å². The van der Waals surface area contributed by atoms with Crippen LogP contribution in [0.15, 0.2) is 0 Å². The molecule has 0 radical (unpaired) electrons. The number of hydrogen-bond donors (Lipinski definition) is 1. The van der Waals surface area contributed by atoms with Gasteiger partial charge in [0.25, 0.3) is 0 Å². The topological polar surface area (TPSA) is 77.0 Å². The molecule has 6 nitrogen and oxygen atoms in total. The Morgan fingerprint density at radius 2 is 2.14 bits per heavy atom. The van der Waals surface area contributed by atoms with Crippen LogP contribution in [0.3, 0.4) is 0 Å². The van der Waals surface area contributed by atoms with Gasteiger partial charge in [-0.05, 0) is 13.8 Å². The second-order valence-corrected chi connectivity index (χ2v) is 3.55. The maximum atomic E-state index is 10.8. The number of aryl methyl sites for hydroxylation is 2. The summed E-state index contributed by atoms with van der Waals surface area (Å²) in [5.41, 5.74) is 5.12. The lowest BCUT2D eigenvalue weighted by molar-refractivity contribution is 0.123. The number of hydrogen-bond acceptors (Lipinski definition) is 3. The van der Waals surface area contributed by atoms with Gasteiger partial charge in [-0.1, -0.05) is 0 Å². The minimum Gasteiger partial charge on any atom is -0.351 e. The molecule has 2 rings (SSSR count). The van der Waals surface area contributed by atoms with Gasteiger partial charge < -0.3 is 10.6 Å². The van der Waals surface area contributed by atoms with E-state index >= 15 is 0 Å². The molecule has 0 aromatic carbocycles. The standard InChI is InChI=1S/C8H13N5O/c1-5-10-6(2)13(11-5)7-3-12(4-7)8(9)14/h7H,3-4H2,1-2H3,(H2,9,14). The number of carbonyl (C=O) groups is 1. The van der Waals surface area contributed by atoms with Crippen LogP contribution in [0.2, 0.25) is 0 Å². The zero-order chi connectivity index (χ0) is 10.3. The summed E-state index contributed by atoms with van der Waals surface area (Å²) in [5, 5.41) is 4.25. The van der Waals surface area contributed by atoms with Crippen molar-refractivity contribution in [3.63, 3.8) is 0 Å². The van der Waals surface area contributed by atoms with E-state index in [0.717, 1.165) is 11.6 Å². The third-order valence-corrected chi connectivity index (χ3v) is 2.43. The Morgan fingerprint density at radius 3 is 2.57 bits per heavy atom. The highest BCUT2D eigenvalue weighted by atomic mass is 16.2. The smallest absolute Gasteiger partial charge is 0.314 e. The second kappa shape index (κ2) is 2.97. The van der Waals surface area contributed by atoms with Crippen LogP contribution in [-0.4, -0.2) is 38.8 Å². The third-order valence-electron chi connectivity index (χ3n) is 2.43. The molecule has 14 heavy (non-hydrogen) atoms. The molecule has 2 N–H and O–H groups in total. The molecule has 0 spiro atoms. The van der Waals surface area contributed by atoms with Crippen molar-refractivity contribution in [1.29, 1.82) is 0 Å². The Hall–Kier alpha value is -1.59. The number of rotatable bonds is 1. The number of nitrogens with two attached hydrogens (primary N) is 1. The molecule has 2 heterocycles. The summed E-state index contributed by atoms with van der Waals surface area (Å²) in [6, 6.07) is -0.126. The Labute approximate surface area is 81.7 Å². The molecule has 0 saturated carbocycles. The summed E-state index contributed by atoms with van der Waals surface area (Å²) in [6.07, 6.45) is 0. The molecule has 0 unspecified atom stereocenters. The Morgan fingerprint density at radius 1 is 1.50 bits per heavy atom. The molecule has 1 aromatic rings. The summed E-state index contributed by atoms with van der Waals surface area (Å²) in [4.78, 5) is 16.5. The van der Waals surface area contributed by atoms with Gasteiger partial charge in [0, 0.05) is 13.1 Å². The maximum Gasteiger partial charge on any atom is 0.314 e. The van der Waals surface area contributed by atoms with Crippen LogP contribution in [-0.2, 0) is 0 Å². The van der Waals surface area contributed by atoms with Crippen molar-refractivity contribution >= 4 is 6.03 Å². The van der Waals surface area contributed by atoms with Crippen LogP contribution in [0.25, 0.3) is 0 Å². The number of likely N-dealkylation sites (tertiary alicyclic amines) is 1. The molecule has 1 saturated heterocycles. The van der Waals surface area contributed by atoms with Gasteiger partial charge in [-0.15, -0.1) is 0 Å². The fourth-order valence-electron chi connectivity index (χ4n) is 1.67. The number of amides is 2. The molecular weight excluding hydrogens is 182 g/mol. The lowest BCUT2D eigenvalue weighted by Gasteiger charge is -2.38. The van der Waals surface area contributed by atoms with Gasteiger partial charge in [0.05, 0.1) is 6.04 Å². The van der Waals surface area contributed by atoms with Gasteiger partial charge in [0.15, 0.2) is 0 Å². The van der Waals surface area contributed by atoms with E-state index in [4.69, 9.17) is 5.73 Å². The SMILES string of the molecule is Cc1nc(C)n(C2CN(C(N)=O)C2)n1. The van der Waals surface area contributed by atoms with Crippen molar-refractivity contribution in [2.45, 2.75) is 19.9 Å². The summed E-state index contributed by atoms with van der Waals surface area (Å²) < 4.78 is 1.86. The van der Waals surface area contributed by atoms with Crippen LogP contribution >= 0.6 is 0 Å². The van der Waals surface area contributed by atoms with Crippen molar-refractivity contribution in [2.75, 3.05) is 13.1 Å². The Balaban J connectivity index is 2.06. The normalized spacial score (nSPS) is 16.9. The number of carbonyl (C=O) groups excluding carboxylic acids is 1. The van der Waals surface area contributed by atoms with Crippen LogP contribution < -0.4 is 5.73 Å². The highest BCUT2D eigenvalue weighted by molar-refractivity contribution is 5.72. The van der Waals surface area contributed by atoms with E-state index < -0.39 is 0 Å². The fourth-order valence-corrected chi connectivity index (χ4v) is 1.67. The molecule has 76 valence electrons. The first kappa shape index (κ1) is 8.98. The summed E-state index contributed by atoms with van der Waals surface area (Å²) in [5.74, 6) is 1.65. The second-order valence-electron chi connectivity index (χ2n) is 3.55. The molecular formula is C8H13N5O. The quantitative estimate of drug-likeness (QED) is 0.675. The van der Waals surface area contributed by atoms with Crippen LogP contribution in [0.4, 0.5) is 4.79 Å². The lowest BCUT2D eigenvalue weighted by Crippen LogP contribution is -2.53. The molecule has 2 amide bonds. The molecule has 0 atom stereocenters. The van der Waals surface area contributed by atoms with Gasteiger partial charge in [0.1, 0.15) is 11.6 Å². The van der Waals surface area contributed by atoms with Crippen molar-refractivity contribution in [3.8, 4) is 0 Å². The summed E-state index contributed by atoms with van der Waals surface area (Å²) in [6.45, 7) is 5.04. The summed E-state index contributed by atoms with van der Waals surface area (Å²) >= 11 is 0. The molecule has 0 bridgehead atoms.